The Hall–Kier alpha value is -3.69. The van der Waals surface area contributed by atoms with Gasteiger partial charge in [0.2, 0.25) is 0 Å². The van der Waals surface area contributed by atoms with Gasteiger partial charge in [0.15, 0.2) is 17.9 Å². The van der Waals surface area contributed by atoms with Crippen molar-refractivity contribution >= 4 is 11.9 Å². The van der Waals surface area contributed by atoms with Crippen LogP contribution in [-0.4, -0.2) is 49.8 Å². The Morgan fingerprint density at radius 1 is 0.944 bits per heavy atom. The van der Waals surface area contributed by atoms with Gasteiger partial charge in [0, 0.05) is 18.1 Å². The number of benzene rings is 2. The molecular formula is C27H31FO8. The molecule has 0 aliphatic rings. The molecule has 1 atom stereocenters. The molecule has 0 spiro atoms. The summed E-state index contributed by atoms with van der Waals surface area (Å²) in [6.07, 6.45) is -0.972. The molecule has 0 bridgehead atoms. The van der Waals surface area contributed by atoms with Crippen LogP contribution in [0.1, 0.15) is 27.2 Å². The lowest BCUT2D eigenvalue weighted by Crippen LogP contribution is -2.17. The van der Waals surface area contributed by atoms with E-state index in [1.54, 1.807) is 45.0 Å². The Kier molecular flexibility index (Phi) is 11.1. The molecule has 2 rings (SSSR count). The first-order valence-corrected chi connectivity index (χ1v) is 11.3. The summed E-state index contributed by atoms with van der Waals surface area (Å²) in [6, 6.07) is 9.17. The van der Waals surface area contributed by atoms with E-state index in [2.05, 4.69) is 13.2 Å². The largest absolute Gasteiger partial charge is 0.491 e. The van der Waals surface area contributed by atoms with Gasteiger partial charge in [0.1, 0.15) is 31.3 Å². The van der Waals surface area contributed by atoms with E-state index in [0.717, 1.165) is 0 Å². The van der Waals surface area contributed by atoms with Gasteiger partial charge in [-0.15, -0.1) is 0 Å². The van der Waals surface area contributed by atoms with Gasteiger partial charge in [-0.3, -0.25) is 4.79 Å². The molecule has 0 saturated carbocycles. The number of ether oxygens (including phenoxy) is 5. The van der Waals surface area contributed by atoms with Crippen LogP contribution >= 0.6 is 0 Å². The van der Waals surface area contributed by atoms with E-state index in [1.807, 2.05) is 0 Å². The summed E-state index contributed by atoms with van der Waals surface area (Å²) in [5.41, 5.74) is 1.80. The topological polar surface area (TPSA) is 101 Å². The Morgan fingerprint density at radius 3 is 2.14 bits per heavy atom. The number of aliphatic hydroxyl groups excluding tert-OH is 1. The van der Waals surface area contributed by atoms with E-state index in [4.69, 9.17) is 23.7 Å². The van der Waals surface area contributed by atoms with E-state index in [1.165, 1.54) is 12.1 Å². The van der Waals surface area contributed by atoms with Crippen LogP contribution in [0, 0.1) is 5.82 Å². The van der Waals surface area contributed by atoms with Crippen molar-refractivity contribution in [3.63, 3.8) is 0 Å². The number of hydrogen-bond donors (Lipinski definition) is 1. The Bertz CT molecular complexity index is 1100. The second-order valence-corrected chi connectivity index (χ2v) is 7.85. The van der Waals surface area contributed by atoms with E-state index in [-0.39, 0.29) is 44.2 Å². The van der Waals surface area contributed by atoms with E-state index < -0.39 is 24.0 Å². The first kappa shape index (κ1) is 28.5. The maximum absolute atomic E-state index is 14.6. The summed E-state index contributed by atoms with van der Waals surface area (Å²) in [7, 11) is 0. The minimum absolute atomic E-state index is 0.00483. The average molecular weight is 503 g/mol. The molecule has 0 fully saturated rings. The molecular weight excluding hydrogens is 471 g/mol. The Balaban J connectivity index is 2.19. The van der Waals surface area contributed by atoms with Crippen molar-refractivity contribution in [3.05, 3.63) is 66.5 Å². The molecule has 36 heavy (non-hydrogen) atoms. The highest BCUT2D eigenvalue weighted by Crippen LogP contribution is 2.32. The normalized spacial score (nSPS) is 11.4. The van der Waals surface area contributed by atoms with E-state index in [9.17, 15) is 19.1 Å². The van der Waals surface area contributed by atoms with Crippen LogP contribution in [0.2, 0.25) is 0 Å². The van der Waals surface area contributed by atoms with Crippen molar-refractivity contribution in [2.45, 2.75) is 33.5 Å². The number of rotatable bonds is 14. The minimum Gasteiger partial charge on any atom is -0.491 e. The summed E-state index contributed by atoms with van der Waals surface area (Å²) in [5.74, 6) is -1.14. The summed E-state index contributed by atoms with van der Waals surface area (Å²) in [4.78, 5) is 23.0. The lowest BCUT2D eigenvalue weighted by atomic mass is 10.0. The van der Waals surface area contributed by atoms with Crippen molar-refractivity contribution in [1.82, 2.24) is 0 Å². The maximum Gasteiger partial charge on any atom is 0.333 e. The number of carbonyl (C=O) groups excluding carboxylic acids is 2. The van der Waals surface area contributed by atoms with E-state index >= 15 is 0 Å². The summed E-state index contributed by atoms with van der Waals surface area (Å²) in [6.45, 7) is 12.2. The highest BCUT2D eigenvalue weighted by Gasteiger charge is 2.12. The molecule has 194 valence electrons. The second kappa shape index (κ2) is 14.0. The number of halogens is 1. The van der Waals surface area contributed by atoms with Crippen LogP contribution in [0.4, 0.5) is 4.39 Å². The zero-order chi connectivity index (χ0) is 26.7. The number of hydrogen-bond acceptors (Lipinski definition) is 8. The summed E-state index contributed by atoms with van der Waals surface area (Å²) >= 11 is 0. The molecule has 1 N–H and O–H groups in total. The zero-order valence-corrected chi connectivity index (χ0v) is 20.7. The monoisotopic (exact) mass is 502 g/mol. The first-order valence-electron chi connectivity index (χ1n) is 11.3. The smallest absolute Gasteiger partial charge is 0.333 e. The van der Waals surface area contributed by atoms with Gasteiger partial charge >= 0.3 is 11.9 Å². The lowest BCUT2D eigenvalue weighted by Gasteiger charge is -2.15. The first-order chi connectivity index (χ1) is 17.1. The van der Waals surface area contributed by atoms with Crippen LogP contribution in [0.15, 0.2) is 60.7 Å². The molecule has 2 aromatic rings. The molecule has 0 saturated heterocycles. The lowest BCUT2D eigenvalue weighted by molar-refractivity contribution is -0.139. The molecule has 8 nitrogen and oxygen atoms in total. The summed E-state index contributed by atoms with van der Waals surface area (Å²) < 4.78 is 41.2. The van der Waals surface area contributed by atoms with Gasteiger partial charge < -0.3 is 28.8 Å². The third kappa shape index (κ3) is 9.16. The fraction of sp³-hybridized carbons (Fsp3) is 0.333. The number of esters is 2. The molecule has 0 radical (unpaired) electrons. The van der Waals surface area contributed by atoms with Crippen molar-refractivity contribution < 1.29 is 42.8 Å². The molecule has 2 aromatic carbocycles. The van der Waals surface area contributed by atoms with Crippen LogP contribution in [0.25, 0.3) is 11.1 Å². The van der Waals surface area contributed by atoms with Crippen molar-refractivity contribution in [2.24, 2.45) is 0 Å². The van der Waals surface area contributed by atoms with Gasteiger partial charge in [-0.2, -0.15) is 0 Å². The fourth-order valence-electron chi connectivity index (χ4n) is 2.74. The molecule has 0 heterocycles. The SMILES string of the molecule is C=C(C)C(=O)OCCOc1cc(OCCOC(O)C(=C)C)cc(-c2ccc(OC(=O)CC)c(F)c2)c1. The van der Waals surface area contributed by atoms with Gasteiger partial charge in [0.25, 0.3) is 0 Å². The van der Waals surface area contributed by atoms with Gasteiger partial charge in [0.05, 0.1) is 6.61 Å². The van der Waals surface area contributed by atoms with Gasteiger partial charge in [-0.1, -0.05) is 26.1 Å². The highest BCUT2D eigenvalue weighted by molar-refractivity contribution is 5.86. The highest BCUT2D eigenvalue weighted by atomic mass is 19.1. The van der Waals surface area contributed by atoms with Gasteiger partial charge in [-0.25, -0.2) is 9.18 Å². The third-order valence-electron chi connectivity index (χ3n) is 4.64. The van der Waals surface area contributed by atoms with Crippen molar-refractivity contribution in [1.29, 1.82) is 0 Å². The number of carbonyl (C=O) groups is 2. The standard InChI is InChI=1S/C27H31FO8/c1-6-25(29)36-24-8-7-19(15-23(24)28)20-13-21(32-9-11-34-26(30)17(2)3)16-22(14-20)33-10-12-35-27(31)18(4)5/h7-8,13-16,26,30H,2,4,6,9-12H2,1,3,5H3. The van der Waals surface area contributed by atoms with Crippen molar-refractivity contribution in [3.8, 4) is 28.4 Å². The quantitative estimate of drug-likeness (QED) is 0.1000. The molecule has 0 aromatic heterocycles. The molecule has 0 aliphatic carbocycles. The molecule has 1 unspecified atom stereocenters. The third-order valence-corrected chi connectivity index (χ3v) is 4.64. The van der Waals surface area contributed by atoms with E-state index in [0.29, 0.717) is 28.2 Å². The Labute approximate surface area is 209 Å². The molecule has 0 aliphatic heterocycles. The fourth-order valence-corrected chi connectivity index (χ4v) is 2.74. The molecule has 0 amide bonds. The number of aliphatic hydroxyl groups is 1. The van der Waals surface area contributed by atoms with Gasteiger partial charge in [-0.05, 0) is 54.8 Å². The van der Waals surface area contributed by atoms with Crippen LogP contribution in [0.5, 0.6) is 17.2 Å². The van der Waals surface area contributed by atoms with Crippen molar-refractivity contribution in [2.75, 3.05) is 26.4 Å². The average Bonchev–Trinajstić information content (AvgIpc) is 2.84. The van der Waals surface area contributed by atoms with Crippen LogP contribution in [-0.2, 0) is 19.1 Å². The molecule has 9 heteroatoms. The minimum atomic E-state index is -1.09. The Morgan fingerprint density at radius 2 is 1.58 bits per heavy atom. The second-order valence-electron chi connectivity index (χ2n) is 7.85. The predicted octanol–water partition coefficient (Wildman–Crippen LogP) is 4.60. The maximum atomic E-state index is 14.6. The van der Waals surface area contributed by atoms with Crippen LogP contribution < -0.4 is 14.2 Å². The zero-order valence-electron chi connectivity index (χ0n) is 20.7. The van der Waals surface area contributed by atoms with Crippen LogP contribution in [0.3, 0.4) is 0 Å². The predicted molar refractivity (Wildman–Crippen MR) is 131 cm³/mol. The summed E-state index contributed by atoms with van der Waals surface area (Å²) in [5, 5.41) is 9.67.